The van der Waals surface area contributed by atoms with Crippen LogP contribution in [-0.2, 0) is 13.1 Å². The van der Waals surface area contributed by atoms with Crippen molar-refractivity contribution in [2.24, 2.45) is 0 Å². The van der Waals surface area contributed by atoms with Gasteiger partial charge in [-0.15, -0.1) is 0 Å². The van der Waals surface area contributed by atoms with Crippen LogP contribution < -0.4 is 9.80 Å². The van der Waals surface area contributed by atoms with Crippen molar-refractivity contribution in [1.29, 1.82) is 0 Å². The van der Waals surface area contributed by atoms with Gasteiger partial charge in [0.15, 0.2) is 0 Å². The van der Waals surface area contributed by atoms with E-state index in [4.69, 9.17) is 0 Å². The topological polar surface area (TPSA) is 8.88 Å². The van der Waals surface area contributed by atoms with Crippen LogP contribution in [0.1, 0.15) is 11.1 Å². The largest absolute Gasteiger partial charge is 0.322 e. The zero-order valence-electron chi connectivity index (χ0n) is 13.2. The van der Waals surface area contributed by atoms with Gasteiger partial charge in [-0.05, 0) is 24.3 Å². The van der Waals surface area contributed by atoms with Crippen LogP contribution in [0.25, 0.3) is 0 Å². The van der Waals surface area contributed by atoms with Crippen LogP contribution in [0.3, 0.4) is 0 Å². The minimum Gasteiger partial charge on any atom is -0.322 e. The summed E-state index contributed by atoms with van der Waals surface area (Å²) in [4.78, 5) is 2.16. The molecule has 1 heterocycles. The first-order chi connectivity index (χ1) is 11.5. The number of halogens is 4. The molecule has 2 aromatic carbocycles. The highest BCUT2D eigenvalue weighted by atomic mass is 19.1. The van der Waals surface area contributed by atoms with E-state index in [1.54, 1.807) is 0 Å². The molecule has 3 rings (SSSR count). The molecule has 2 aromatic rings. The molecule has 1 fully saturated rings. The SMILES string of the molecule is Fc1cccc(F)c1C[NH+]1CC[NH+](Cc2c(F)cccc2F)CC1. The van der Waals surface area contributed by atoms with Gasteiger partial charge in [0.25, 0.3) is 0 Å². The molecule has 2 nitrogen and oxygen atoms in total. The van der Waals surface area contributed by atoms with E-state index >= 15 is 0 Å². The van der Waals surface area contributed by atoms with E-state index in [9.17, 15) is 17.6 Å². The third-order valence-electron chi connectivity index (χ3n) is 4.64. The molecule has 0 radical (unpaired) electrons. The highest BCUT2D eigenvalue weighted by Gasteiger charge is 2.26. The summed E-state index contributed by atoms with van der Waals surface area (Å²) in [6, 6.07) is 7.77. The third kappa shape index (κ3) is 3.76. The van der Waals surface area contributed by atoms with Crippen LogP contribution in [0.2, 0.25) is 0 Å². The van der Waals surface area contributed by atoms with Crippen molar-refractivity contribution in [3.05, 3.63) is 70.8 Å². The van der Waals surface area contributed by atoms with E-state index in [-0.39, 0.29) is 11.1 Å². The zero-order valence-corrected chi connectivity index (χ0v) is 13.2. The first-order valence-electron chi connectivity index (χ1n) is 8.07. The van der Waals surface area contributed by atoms with E-state index in [1.165, 1.54) is 36.4 Å². The minimum atomic E-state index is -0.522. The summed E-state index contributed by atoms with van der Waals surface area (Å²) in [5, 5.41) is 0. The standard InChI is InChI=1S/C18H18F4N2/c19-15-3-1-4-16(20)13(15)11-23-7-9-24(10-8-23)12-14-17(21)5-2-6-18(14)22/h1-6H,7-12H2/p+2. The fourth-order valence-corrected chi connectivity index (χ4v) is 3.21. The van der Waals surface area contributed by atoms with Crippen LogP contribution in [0, 0.1) is 23.3 Å². The summed E-state index contributed by atoms with van der Waals surface area (Å²) in [5.41, 5.74) is 0.215. The smallest absolute Gasteiger partial charge is 0.135 e. The van der Waals surface area contributed by atoms with Crippen LogP contribution in [0.5, 0.6) is 0 Å². The molecular weight excluding hydrogens is 320 g/mol. The van der Waals surface area contributed by atoms with E-state index < -0.39 is 23.3 Å². The van der Waals surface area contributed by atoms with Crippen molar-refractivity contribution < 1.29 is 27.4 Å². The molecule has 2 N–H and O–H groups in total. The Morgan fingerprint density at radius 3 is 1.17 bits per heavy atom. The molecular formula is C18H20F4N2+2. The number of nitrogens with one attached hydrogen (secondary N) is 2. The van der Waals surface area contributed by atoms with Crippen LogP contribution in [0.4, 0.5) is 17.6 Å². The predicted molar refractivity (Wildman–Crippen MR) is 81.5 cm³/mol. The summed E-state index contributed by atoms with van der Waals surface area (Å²) in [6.07, 6.45) is 0. The summed E-state index contributed by atoms with van der Waals surface area (Å²) >= 11 is 0. The van der Waals surface area contributed by atoms with Crippen LogP contribution >= 0.6 is 0 Å². The second kappa shape index (κ2) is 7.32. The molecule has 0 amide bonds. The van der Waals surface area contributed by atoms with Gasteiger partial charge in [0.2, 0.25) is 0 Å². The van der Waals surface area contributed by atoms with E-state index in [0.717, 1.165) is 9.80 Å². The number of hydrogen-bond donors (Lipinski definition) is 2. The first-order valence-corrected chi connectivity index (χ1v) is 8.07. The molecule has 0 aliphatic carbocycles. The minimum absolute atomic E-state index is 0.107. The Morgan fingerprint density at radius 1 is 0.583 bits per heavy atom. The molecule has 24 heavy (non-hydrogen) atoms. The number of rotatable bonds is 4. The number of hydrogen-bond acceptors (Lipinski definition) is 0. The first kappa shape index (κ1) is 16.9. The van der Waals surface area contributed by atoms with Gasteiger partial charge in [0.05, 0.1) is 11.1 Å². The van der Waals surface area contributed by atoms with E-state index in [2.05, 4.69) is 0 Å². The summed E-state index contributed by atoms with van der Waals surface area (Å²) in [7, 11) is 0. The van der Waals surface area contributed by atoms with Gasteiger partial charge in [-0.25, -0.2) is 17.6 Å². The van der Waals surface area contributed by atoms with E-state index in [0.29, 0.717) is 39.3 Å². The molecule has 0 saturated carbocycles. The molecule has 0 atom stereocenters. The summed E-state index contributed by atoms with van der Waals surface area (Å²) < 4.78 is 54.9. The molecule has 1 aliphatic rings. The highest BCUT2D eigenvalue weighted by Crippen LogP contribution is 2.11. The molecule has 0 unspecified atom stereocenters. The predicted octanol–water partition coefficient (Wildman–Crippen LogP) is 0.727. The second-order valence-electron chi connectivity index (χ2n) is 6.25. The van der Waals surface area contributed by atoms with Gasteiger partial charge >= 0.3 is 0 Å². The van der Waals surface area contributed by atoms with Crippen molar-refractivity contribution in [2.45, 2.75) is 13.1 Å². The van der Waals surface area contributed by atoms with Gasteiger partial charge in [-0.3, -0.25) is 0 Å². The number of piperazine rings is 1. The second-order valence-corrected chi connectivity index (χ2v) is 6.25. The Labute approximate surface area is 138 Å². The molecule has 0 spiro atoms. The average molecular weight is 340 g/mol. The summed E-state index contributed by atoms with van der Waals surface area (Å²) in [5.74, 6) is -2.09. The Balaban J connectivity index is 1.58. The number of quaternary nitrogens is 2. The fraction of sp³-hybridized carbons (Fsp3) is 0.333. The van der Waals surface area contributed by atoms with Crippen molar-refractivity contribution in [3.8, 4) is 0 Å². The fourth-order valence-electron chi connectivity index (χ4n) is 3.21. The lowest BCUT2D eigenvalue weighted by atomic mass is 10.1. The van der Waals surface area contributed by atoms with Crippen LogP contribution in [-0.4, -0.2) is 26.2 Å². The van der Waals surface area contributed by atoms with Gasteiger partial charge < -0.3 is 9.80 Å². The Bertz CT molecular complexity index is 610. The van der Waals surface area contributed by atoms with Crippen LogP contribution in [0.15, 0.2) is 36.4 Å². The van der Waals surface area contributed by atoms with Gasteiger partial charge in [0.1, 0.15) is 62.5 Å². The molecule has 0 aromatic heterocycles. The van der Waals surface area contributed by atoms with Crippen molar-refractivity contribution in [1.82, 2.24) is 0 Å². The maximum absolute atomic E-state index is 13.7. The lowest BCUT2D eigenvalue weighted by Crippen LogP contribution is -3.27. The summed E-state index contributed by atoms with van der Waals surface area (Å²) in [6.45, 7) is 3.41. The number of benzene rings is 2. The quantitative estimate of drug-likeness (QED) is 0.760. The normalized spacial score (nSPS) is 21.0. The van der Waals surface area contributed by atoms with E-state index in [1.807, 2.05) is 0 Å². The molecule has 1 saturated heterocycles. The monoisotopic (exact) mass is 340 g/mol. The Kier molecular flexibility index (Phi) is 5.16. The maximum atomic E-state index is 13.7. The van der Waals surface area contributed by atoms with Crippen molar-refractivity contribution in [3.63, 3.8) is 0 Å². The highest BCUT2D eigenvalue weighted by molar-refractivity contribution is 5.19. The van der Waals surface area contributed by atoms with Crippen molar-refractivity contribution >= 4 is 0 Å². The Morgan fingerprint density at radius 2 is 0.875 bits per heavy atom. The molecule has 6 heteroatoms. The Hall–Kier alpha value is -1.92. The lowest BCUT2D eigenvalue weighted by Gasteiger charge is -2.30. The van der Waals surface area contributed by atoms with Gasteiger partial charge in [0, 0.05) is 0 Å². The van der Waals surface area contributed by atoms with Gasteiger partial charge in [-0.1, -0.05) is 12.1 Å². The van der Waals surface area contributed by atoms with Crippen molar-refractivity contribution in [2.75, 3.05) is 26.2 Å². The lowest BCUT2D eigenvalue weighted by molar-refractivity contribution is -1.02. The average Bonchev–Trinajstić information content (AvgIpc) is 2.56. The maximum Gasteiger partial charge on any atom is 0.135 e. The molecule has 0 bridgehead atoms. The third-order valence-corrected chi connectivity index (χ3v) is 4.64. The van der Waals surface area contributed by atoms with Gasteiger partial charge in [-0.2, -0.15) is 0 Å². The molecule has 1 aliphatic heterocycles. The zero-order chi connectivity index (χ0) is 17.1. The molecule has 128 valence electrons.